The number of amides is 1. The van der Waals surface area contributed by atoms with E-state index in [1.54, 1.807) is 31.1 Å². The van der Waals surface area contributed by atoms with Crippen LogP contribution in [0.15, 0.2) is 53.4 Å². The van der Waals surface area contributed by atoms with Crippen LogP contribution in [0.3, 0.4) is 0 Å². The fraction of sp³-hybridized carbons (Fsp3) is 0.316. The number of benzene rings is 2. The Kier molecular flexibility index (Phi) is 5.29. The highest BCUT2D eigenvalue weighted by molar-refractivity contribution is 7.89. The summed E-state index contributed by atoms with van der Waals surface area (Å²) >= 11 is 0. The molecule has 0 aromatic heterocycles. The van der Waals surface area contributed by atoms with E-state index in [0.717, 1.165) is 11.3 Å². The van der Waals surface area contributed by atoms with Crippen LogP contribution in [0.5, 0.6) is 5.75 Å². The number of sulfonamides is 1. The predicted molar refractivity (Wildman–Crippen MR) is 99.8 cm³/mol. The van der Waals surface area contributed by atoms with Gasteiger partial charge in [0.05, 0.1) is 12.0 Å². The molecule has 7 heteroatoms. The van der Waals surface area contributed by atoms with E-state index in [9.17, 15) is 13.2 Å². The summed E-state index contributed by atoms with van der Waals surface area (Å²) in [6.45, 7) is 2.53. The molecule has 1 amide bonds. The molecule has 0 bridgehead atoms. The van der Waals surface area contributed by atoms with Crippen LogP contribution >= 0.6 is 0 Å². The summed E-state index contributed by atoms with van der Waals surface area (Å²) in [5, 5.41) is 0. The van der Waals surface area contributed by atoms with Gasteiger partial charge in [0.15, 0.2) is 0 Å². The minimum absolute atomic E-state index is 0.0145. The molecular formula is C19H22N2O4S. The fourth-order valence-corrected chi connectivity index (χ4v) is 4.31. The highest BCUT2D eigenvalue weighted by Crippen LogP contribution is 2.25. The second kappa shape index (κ2) is 7.47. The molecule has 2 aromatic carbocycles. The summed E-state index contributed by atoms with van der Waals surface area (Å²) in [5.41, 5.74) is 1.59. The molecule has 26 heavy (non-hydrogen) atoms. The number of aryl methyl sites for hydroxylation is 1. The number of carbonyl (C=O) groups is 1. The zero-order valence-corrected chi connectivity index (χ0v) is 15.6. The van der Waals surface area contributed by atoms with Gasteiger partial charge in [0.25, 0.3) is 0 Å². The molecular weight excluding hydrogens is 352 g/mol. The van der Waals surface area contributed by atoms with Crippen molar-refractivity contribution < 1.29 is 17.9 Å². The van der Waals surface area contributed by atoms with E-state index in [1.807, 2.05) is 30.3 Å². The number of nitrogens with zero attached hydrogens (tertiary/aromatic N) is 1. The van der Waals surface area contributed by atoms with Crippen molar-refractivity contribution >= 4 is 21.6 Å². The second-order valence-corrected chi connectivity index (χ2v) is 8.16. The van der Waals surface area contributed by atoms with Gasteiger partial charge in [0.1, 0.15) is 5.75 Å². The predicted octanol–water partition coefficient (Wildman–Crippen LogP) is 2.34. The first-order chi connectivity index (χ1) is 12.4. The lowest BCUT2D eigenvalue weighted by Gasteiger charge is -2.17. The molecule has 1 aliphatic heterocycles. The lowest BCUT2D eigenvalue weighted by molar-refractivity contribution is -0.117. The molecule has 0 aliphatic carbocycles. The van der Waals surface area contributed by atoms with Crippen LogP contribution in [-0.2, 0) is 14.8 Å². The summed E-state index contributed by atoms with van der Waals surface area (Å²) < 4.78 is 32.8. The van der Waals surface area contributed by atoms with Crippen LogP contribution in [0, 0.1) is 12.8 Å². The van der Waals surface area contributed by atoms with Crippen molar-refractivity contribution in [1.82, 2.24) is 4.72 Å². The number of hydrogen-bond acceptors (Lipinski definition) is 4. The van der Waals surface area contributed by atoms with Gasteiger partial charge in [0, 0.05) is 25.2 Å². The first-order valence-electron chi connectivity index (χ1n) is 8.40. The topological polar surface area (TPSA) is 75.7 Å². The molecule has 2 aromatic rings. The molecule has 1 heterocycles. The van der Waals surface area contributed by atoms with Crippen LogP contribution in [0.4, 0.5) is 5.69 Å². The van der Waals surface area contributed by atoms with Crippen LogP contribution in [0.2, 0.25) is 0 Å². The van der Waals surface area contributed by atoms with Crippen LogP contribution in [-0.4, -0.2) is 34.5 Å². The minimum atomic E-state index is -3.63. The van der Waals surface area contributed by atoms with Gasteiger partial charge in [-0.2, -0.15) is 0 Å². The van der Waals surface area contributed by atoms with Crippen molar-refractivity contribution in [2.75, 3.05) is 25.1 Å². The fourth-order valence-electron chi connectivity index (χ4n) is 3.10. The van der Waals surface area contributed by atoms with E-state index in [0.29, 0.717) is 18.7 Å². The Hall–Kier alpha value is -2.38. The third-order valence-electron chi connectivity index (χ3n) is 4.51. The molecule has 0 radical (unpaired) electrons. The number of carbonyl (C=O) groups excluding carboxylic acids is 1. The lowest BCUT2D eigenvalue weighted by Crippen LogP contribution is -2.31. The van der Waals surface area contributed by atoms with Crippen LogP contribution in [0.25, 0.3) is 0 Å². The van der Waals surface area contributed by atoms with Gasteiger partial charge >= 0.3 is 0 Å². The normalized spacial score (nSPS) is 17.5. The third-order valence-corrected chi connectivity index (χ3v) is 5.93. The minimum Gasteiger partial charge on any atom is -0.496 e. The molecule has 1 atom stereocenters. The molecule has 1 fully saturated rings. The van der Waals surface area contributed by atoms with Gasteiger partial charge in [-0.05, 0) is 48.7 Å². The number of rotatable bonds is 6. The summed E-state index contributed by atoms with van der Waals surface area (Å²) in [6, 6.07) is 14.2. The third kappa shape index (κ3) is 3.89. The quantitative estimate of drug-likeness (QED) is 0.842. The molecule has 6 nitrogen and oxygen atoms in total. The van der Waals surface area contributed by atoms with Crippen molar-refractivity contribution in [2.45, 2.75) is 18.2 Å². The molecule has 0 spiro atoms. The van der Waals surface area contributed by atoms with E-state index in [-0.39, 0.29) is 23.3 Å². The number of hydrogen-bond donors (Lipinski definition) is 1. The van der Waals surface area contributed by atoms with Crippen LogP contribution in [0.1, 0.15) is 12.0 Å². The van der Waals surface area contributed by atoms with Crippen LogP contribution < -0.4 is 14.4 Å². The van der Waals surface area contributed by atoms with E-state index >= 15 is 0 Å². The largest absolute Gasteiger partial charge is 0.496 e. The second-order valence-electron chi connectivity index (χ2n) is 6.39. The molecule has 138 valence electrons. The SMILES string of the molecule is COc1ccc(S(=O)(=O)NCC2CC(=O)N(c3ccccc3)C2)cc1C. The average molecular weight is 374 g/mol. The Balaban J connectivity index is 1.65. The molecule has 1 N–H and O–H groups in total. The van der Waals surface area contributed by atoms with E-state index in [2.05, 4.69) is 4.72 Å². The first-order valence-corrected chi connectivity index (χ1v) is 9.89. The monoisotopic (exact) mass is 374 g/mol. The molecule has 0 saturated carbocycles. The van der Waals surface area contributed by atoms with E-state index < -0.39 is 10.0 Å². The van der Waals surface area contributed by atoms with Crippen molar-refractivity contribution in [3.05, 3.63) is 54.1 Å². The Morgan fingerprint density at radius 2 is 1.92 bits per heavy atom. The maximum absolute atomic E-state index is 12.5. The summed E-state index contributed by atoms with van der Waals surface area (Å²) in [7, 11) is -2.08. The maximum Gasteiger partial charge on any atom is 0.240 e. The van der Waals surface area contributed by atoms with Gasteiger partial charge in [0.2, 0.25) is 15.9 Å². The summed E-state index contributed by atoms with van der Waals surface area (Å²) in [5.74, 6) is 0.598. The Bertz CT molecular complexity index is 897. The Labute approximate surface area is 153 Å². The van der Waals surface area contributed by atoms with Crippen molar-refractivity contribution in [2.24, 2.45) is 5.92 Å². The van der Waals surface area contributed by atoms with Gasteiger partial charge < -0.3 is 9.64 Å². The lowest BCUT2D eigenvalue weighted by atomic mass is 10.1. The van der Waals surface area contributed by atoms with Crippen molar-refractivity contribution in [1.29, 1.82) is 0 Å². The highest BCUT2D eigenvalue weighted by Gasteiger charge is 2.31. The van der Waals surface area contributed by atoms with Gasteiger partial charge in [-0.3, -0.25) is 4.79 Å². The van der Waals surface area contributed by atoms with Gasteiger partial charge in [-0.25, -0.2) is 13.1 Å². The van der Waals surface area contributed by atoms with Gasteiger partial charge in [-0.1, -0.05) is 18.2 Å². The number of nitrogens with one attached hydrogen (secondary N) is 1. The van der Waals surface area contributed by atoms with Crippen molar-refractivity contribution in [3.8, 4) is 5.75 Å². The first kappa shape index (κ1) is 18.4. The summed E-state index contributed by atoms with van der Waals surface area (Å²) in [4.78, 5) is 14.1. The number of anilines is 1. The number of methoxy groups -OCH3 is 1. The number of ether oxygens (including phenoxy) is 1. The number of para-hydroxylation sites is 1. The van der Waals surface area contributed by atoms with E-state index in [1.165, 1.54) is 6.07 Å². The molecule has 1 unspecified atom stereocenters. The zero-order valence-electron chi connectivity index (χ0n) is 14.8. The molecule has 1 aliphatic rings. The van der Waals surface area contributed by atoms with E-state index in [4.69, 9.17) is 4.74 Å². The standard InChI is InChI=1S/C19H22N2O4S/c1-14-10-17(8-9-18(14)25-2)26(23,24)20-12-15-11-19(22)21(13-15)16-6-4-3-5-7-16/h3-10,15,20H,11-13H2,1-2H3. The summed E-state index contributed by atoms with van der Waals surface area (Å²) in [6.07, 6.45) is 0.332. The Morgan fingerprint density at radius 1 is 1.19 bits per heavy atom. The zero-order chi connectivity index (χ0) is 18.7. The smallest absolute Gasteiger partial charge is 0.240 e. The Morgan fingerprint density at radius 3 is 2.58 bits per heavy atom. The highest BCUT2D eigenvalue weighted by atomic mass is 32.2. The van der Waals surface area contributed by atoms with Crippen molar-refractivity contribution in [3.63, 3.8) is 0 Å². The van der Waals surface area contributed by atoms with Gasteiger partial charge in [-0.15, -0.1) is 0 Å². The maximum atomic E-state index is 12.5. The molecule has 1 saturated heterocycles. The molecule has 3 rings (SSSR count). The average Bonchev–Trinajstić information content (AvgIpc) is 3.01.